The van der Waals surface area contributed by atoms with Crippen LogP contribution in [0.3, 0.4) is 0 Å². The summed E-state index contributed by atoms with van der Waals surface area (Å²) in [6.07, 6.45) is 0.328. The predicted octanol–water partition coefficient (Wildman–Crippen LogP) is 2.69. The van der Waals surface area contributed by atoms with Crippen LogP contribution in [0.25, 0.3) is 0 Å². The van der Waals surface area contributed by atoms with E-state index in [2.05, 4.69) is 6.58 Å². The van der Waals surface area contributed by atoms with Crippen LogP contribution >= 0.6 is 11.6 Å². The molecular formula is C16H17ClO5. The number of hydrogen-bond donors (Lipinski definition) is 0. The minimum absolute atomic E-state index is 0.104. The van der Waals surface area contributed by atoms with Gasteiger partial charge < -0.3 is 14.2 Å². The molecule has 1 aromatic carbocycles. The van der Waals surface area contributed by atoms with Crippen molar-refractivity contribution in [3.8, 4) is 0 Å². The van der Waals surface area contributed by atoms with Crippen LogP contribution in [-0.4, -0.2) is 32.3 Å². The van der Waals surface area contributed by atoms with Gasteiger partial charge in [-0.1, -0.05) is 29.8 Å². The minimum atomic E-state index is -1.58. The van der Waals surface area contributed by atoms with Crippen LogP contribution < -0.4 is 0 Å². The highest BCUT2D eigenvalue weighted by molar-refractivity contribution is 6.30. The first kappa shape index (κ1) is 16.5. The van der Waals surface area contributed by atoms with Gasteiger partial charge in [0.15, 0.2) is 5.41 Å². The highest BCUT2D eigenvalue weighted by Gasteiger charge is 2.61. The Labute approximate surface area is 133 Å². The van der Waals surface area contributed by atoms with Crippen LogP contribution in [0.4, 0.5) is 0 Å². The molecule has 0 aromatic heterocycles. The molecule has 1 aliphatic heterocycles. The number of halogens is 1. The average Bonchev–Trinajstić information content (AvgIpc) is 2.94. The van der Waals surface area contributed by atoms with E-state index in [1.807, 2.05) is 0 Å². The molecule has 0 spiro atoms. The molecule has 0 bridgehead atoms. The molecule has 6 heteroatoms. The van der Waals surface area contributed by atoms with Gasteiger partial charge in [0.1, 0.15) is 6.10 Å². The normalized spacial score (nSPS) is 22.9. The van der Waals surface area contributed by atoms with Gasteiger partial charge in [-0.2, -0.15) is 0 Å². The van der Waals surface area contributed by atoms with Crippen molar-refractivity contribution in [1.29, 1.82) is 0 Å². The summed E-state index contributed by atoms with van der Waals surface area (Å²) in [6, 6.07) is 6.81. The largest absolute Gasteiger partial charge is 0.468 e. The third-order valence-corrected chi connectivity index (χ3v) is 4.03. The van der Waals surface area contributed by atoms with Crippen molar-refractivity contribution in [2.24, 2.45) is 5.41 Å². The van der Waals surface area contributed by atoms with E-state index in [0.29, 0.717) is 10.6 Å². The van der Waals surface area contributed by atoms with Crippen LogP contribution in [0, 0.1) is 5.41 Å². The molecule has 0 saturated carbocycles. The van der Waals surface area contributed by atoms with Gasteiger partial charge in [-0.25, -0.2) is 0 Å². The Morgan fingerprint density at radius 3 is 2.50 bits per heavy atom. The summed E-state index contributed by atoms with van der Waals surface area (Å²) in [7, 11) is 2.45. The van der Waals surface area contributed by atoms with Gasteiger partial charge >= 0.3 is 11.9 Å². The molecule has 118 valence electrons. The molecular weight excluding hydrogens is 308 g/mol. The Hall–Kier alpha value is -1.85. The van der Waals surface area contributed by atoms with Crippen molar-refractivity contribution in [1.82, 2.24) is 0 Å². The molecule has 2 atom stereocenters. The number of methoxy groups -OCH3 is 2. The second-order valence-electron chi connectivity index (χ2n) is 5.00. The summed E-state index contributed by atoms with van der Waals surface area (Å²) >= 11 is 6.01. The summed E-state index contributed by atoms with van der Waals surface area (Å²) in [4.78, 5) is 24.8. The van der Waals surface area contributed by atoms with E-state index in [4.69, 9.17) is 25.8 Å². The van der Waals surface area contributed by atoms with Gasteiger partial charge in [-0.3, -0.25) is 9.59 Å². The fraction of sp³-hybridized carbons (Fsp3) is 0.375. The molecule has 1 heterocycles. The third kappa shape index (κ3) is 2.62. The van der Waals surface area contributed by atoms with E-state index < -0.39 is 29.6 Å². The molecule has 0 radical (unpaired) electrons. The van der Waals surface area contributed by atoms with Gasteiger partial charge in [0.05, 0.1) is 20.3 Å². The van der Waals surface area contributed by atoms with Crippen LogP contribution in [-0.2, 0) is 23.8 Å². The number of rotatable bonds is 4. The lowest BCUT2D eigenvalue weighted by atomic mass is 9.77. The van der Waals surface area contributed by atoms with Crippen molar-refractivity contribution >= 4 is 23.5 Å². The molecule has 0 aliphatic carbocycles. The number of carbonyl (C=O) groups excluding carboxylic acids is 2. The second kappa shape index (κ2) is 6.50. The Kier molecular flexibility index (Phi) is 4.88. The maximum absolute atomic E-state index is 12.4. The van der Waals surface area contributed by atoms with Gasteiger partial charge in [0.2, 0.25) is 0 Å². The van der Waals surface area contributed by atoms with E-state index >= 15 is 0 Å². The van der Waals surface area contributed by atoms with Gasteiger partial charge in [0.25, 0.3) is 0 Å². The van der Waals surface area contributed by atoms with E-state index in [9.17, 15) is 9.59 Å². The summed E-state index contributed by atoms with van der Waals surface area (Å²) in [5.41, 5.74) is -0.972. The third-order valence-electron chi connectivity index (χ3n) is 3.80. The lowest BCUT2D eigenvalue weighted by Gasteiger charge is -2.28. The number of esters is 2. The number of benzene rings is 1. The topological polar surface area (TPSA) is 61.8 Å². The quantitative estimate of drug-likeness (QED) is 0.484. The van der Waals surface area contributed by atoms with Crippen molar-refractivity contribution in [2.45, 2.75) is 18.6 Å². The molecule has 0 amide bonds. The number of ether oxygens (including phenoxy) is 3. The first-order valence-electron chi connectivity index (χ1n) is 6.70. The van der Waals surface area contributed by atoms with Crippen molar-refractivity contribution in [3.05, 3.63) is 47.5 Å². The van der Waals surface area contributed by atoms with Gasteiger partial charge in [0, 0.05) is 11.4 Å². The van der Waals surface area contributed by atoms with E-state index in [-0.39, 0.29) is 6.42 Å². The monoisotopic (exact) mass is 324 g/mol. The Morgan fingerprint density at radius 1 is 1.36 bits per heavy atom. The predicted molar refractivity (Wildman–Crippen MR) is 80.3 cm³/mol. The van der Waals surface area contributed by atoms with Crippen molar-refractivity contribution < 1.29 is 23.8 Å². The molecule has 22 heavy (non-hydrogen) atoms. The first-order valence-corrected chi connectivity index (χ1v) is 7.07. The zero-order valence-electron chi connectivity index (χ0n) is 12.4. The fourth-order valence-corrected chi connectivity index (χ4v) is 2.96. The molecule has 2 rings (SSSR count). The average molecular weight is 325 g/mol. The van der Waals surface area contributed by atoms with Crippen molar-refractivity contribution in [3.63, 3.8) is 0 Å². The van der Waals surface area contributed by atoms with E-state index in [1.54, 1.807) is 30.3 Å². The summed E-state index contributed by atoms with van der Waals surface area (Å²) in [5.74, 6) is -1.40. The van der Waals surface area contributed by atoms with E-state index in [0.717, 1.165) is 0 Å². The zero-order chi connectivity index (χ0) is 16.3. The highest BCUT2D eigenvalue weighted by Crippen LogP contribution is 2.50. The smallest absolute Gasteiger partial charge is 0.326 e. The van der Waals surface area contributed by atoms with Crippen molar-refractivity contribution in [2.75, 3.05) is 14.2 Å². The Morgan fingerprint density at radius 2 is 2.00 bits per heavy atom. The summed E-state index contributed by atoms with van der Waals surface area (Å²) in [6.45, 7) is 3.67. The van der Waals surface area contributed by atoms with E-state index in [1.165, 1.54) is 14.2 Å². The highest BCUT2D eigenvalue weighted by atomic mass is 35.5. The van der Waals surface area contributed by atoms with Crippen LogP contribution in [0.2, 0.25) is 5.02 Å². The number of carbonyl (C=O) groups is 2. The van der Waals surface area contributed by atoms with Gasteiger partial charge in [-0.15, -0.1) is 6.58 Å². The Balaban J connectivity index is 2.58. The maximum atomic E-state index is 12.4. The zero-order valence-corrected chi connectivity index (χ0v) is 13.1. The summed E-state index contributed by atoms with van der Waals surface area (Å²) in [5, 5.41) is 0.479. The lowest BCUT2D eigenvalue weighted by molar-refractivity contribution is -0.173. The molecule has 1 aliphatic rings. The first-order chi connectivity index (χ1) is 10.5. The second-order valence-corrected chi connectivity index (χ2v) is 5.44. The fourth-order valence-electron chi connectivity index (χ4n) is 2.76. The standard InChI is InChI=1S/C16H17ClO5/c1-4-12-9-16(14(18)20-2,15(19)21-3)13(22-12)10-6-5-7-11(17)8-10/h4-8,12-13H,1,9H2,2-3H3/t12-,13+/m0/s1. The van der Waals surface area contributed by atoms with Gasteiger partial charge in [-0.05, 0) is 17.7 Å². The molecule has 1 fully saturated rings. The van der Waals surface area contributed by atoms with Crippen LogP contribution in [0.5, 0.6) is 0 Å². The van der Waals surface area contributed by atoms with Crippen LogP contribution in [0.1, 0.15) is 18.1 Å². The molecule has 1 saturated heterocycles. The minimum Gasteiger partial charge on any atom is -0.468 e. The number of hydrogen-bond acceptors (Lipinski definition) is 5. The lowest BCUT2D eigenvalue weighted by Crippen LogP contribution is -2.43. The van der Waals surface area contributed by atoms with Crippen LogP contribution in [0.15, 0.2) is 36.9 Å². The molecule has 0 unspecified atom stereocenters. The summed E-state index contributed by atoms with van der Waals surface area (Å²) < 4.78 is 15.5. The molecule has 0 N–H and O–H groups in total. The SMILES string of the molecule is C=C[C@H]1CC(C(=O)OC)(C(=O)OC)[C@@H](c2cccc(Cl)c2)O1. The molecule has 1 aromatic rings. The maximum Gasteiger partial charge on any atom is 0.326 e. The Bertz CT molecular complexity index is 582. The molecule has 5 nitrogen and oxygen atoms in total.